The lowest BCUT2D eigenvalue weighted by molar-refractivity contribution is -0.127. The van der Waals surface area contributed by atoms with Crippen LogP contribution in [0.1, 0.15) is 18.9 Å². The summed E-state index contributed by atoms with van der Waals surface area (Å²) in [7, 11) is 5.11. The van der Waals surface area contributed by atoms with Gasteiger partial charge in [-0.1, -0.05) is 30.3 Å². The molecule has 2 N–H and O–H groups in total. The number of guanidine groups is 1. The van der Waals surface area contributed by atoms with Crippen LogP contribution >= 0.6 is 24.0 Å². The first-order valence-electron chi connectivity index (χ1n) is 8.30. The maximum Gasteiger partial charge on any atom is 0.243 e. The standard InChI is InChI=1S/C18H30N4O2.HI/c1-15(10-11-16-8-6-5-7-9-16)21-18(19-12-13-24-4)20-14-17(23)22(2)3;/h5-9,15H,10-14H2,1-4H3,(H2,19,20,21);1H. The number of aliphatic imine (C=N–C) groups is 1. The van der Waals surface area contributed by atoms with E-state index in [-0.39, 0.29) is 42.5 Å². The van der Waals surface area contributed by atoms with Gasteiger partial charge in [0, 0.05) is 33.8 Å². The van der Waals surface area contributed by atoms with Crippen molar-refractivity contribution in [3.63, 3.8) is 0 Å². The highest BCUT2D eigenvalue weighted by Gasteiger charge is 2.08. The number of nitrogens with zero attached hydrogens (tertiary/aromatic N) is 2. The first-order valence-corrected chi connectivity index (χ1v) is 8.30. The molecule has 0 bridgehead atoms. The number of hydrogen-bond donors (Lipinski definition) is 2. The Hall–Kier alpha value is -1.35. The molecule has 0 aliphatic heterocycles. The van der Waals surface area contributed by atoms with E-state index < -0.39 is 0 Å². The van der Waals surface area contributed by atoms with Gasteiger partial charge in [0.1, 0.15) is 6.54 Å². The molecule has 0 heterocycles. The molecule has 1 aromatic carbocycles. The second kappa shape index (κ2) is 13.9. The SMILES string of the molecule is COCCNC(=NCC(=O)N(C)C)NC(C)CCc1ccccc1.I. The van der Waals surface area contributed by atoms with Crippen molar-refractivity contribution in [1.82, 2.24) is 15.5 Å². The minimum atomic E-state index is -0.0280. The lowest BCUT2D eigenvalue weighted by Gasteiger charge is -2.18. The van der Waals surface area contributed by atoms with Gasteiger partial charge in [0.25, 0.3) is 0 Å². The number of halogens is 1. The maximum absolute atomic E-state index is 11.7. The molecule has 0 aromatic heterocycles. The summed E-state index contributed by atoms with van der Waals surface area (Å²) < 4.78 is 5.05. The lowest BCUT2D eigenvalue weighted by atomic mass is 10.1. The fraction of sp³-hybridized carbons (Fsp3) is 0.556. The Morgan fingerprint density at radius 3 is 2.56 bits per heavy atom. The van der Waals surface area contributed by atoms with Crippen molar-refractivity contribution in [2.75, 3.05) is 40.9 Å². The van der Waals surface area contributed by atoms with Gasteiger partial charge < -0.3 is 20.3 Å². The number of amides is 1. The van der Waals surface area contributed by atoms with Gasteiger partial charge in [0.05, 0.1) is 6.61 Å². The fourth-order valence-corrected chi connectivity index (χ4v) is 2.05. The van der Waals surface area contributed by atoms with E-state index in [9.17, 15) is 4.79 Å². The molecule has 142 valence electrons. The van der Waals surface area contributed by atoms with Crippen LogP contribution < -0.4 is 10.6 Å². The van der Waals surface area contributed by atoms with E-state index in [2.05, 4.69) is 46.8 Å². The summed E-state index contributed by atoms with van der Waals surface area (Å²) in [5, 5.41) is 6.54. The second-order valence-corrected chi connectivity index (χ2v) is 5.94. The second-order valence-electron chi connectivity index (χ2n) is 5.94. The quantitative estimate of drug-likeness (QED) is 0.255. The molecule has 1 rings (SSSR count). The summed E-state index contributed by atoms with van der Waals surface area (Å²) in [6.45, 7) is 3.47. The molecular formula is C18H31IN4O2. The number of ether oxygens (including phenoxy) is 1. The number of nitrogens with one attached hydrogen (secondary N) is 2. The summed E-state index contributed by atoms with van der Waals surface area (Å²) in [6, 6.07) is 10.6. The zero-order valence-corrected chi connectivity index (χ0v) is 17.9. The predicted molar refractivity (Wildman–Crippen MR) is 114 cm³/mol. The third-order valence-corrected chi connectivity index (χ3v) is 3.56. The zero-order chi connectivity index (χ0) is 17.8. The Bertz CT molecular complexity index is 509. The summed E-state index contributed by atoms with van der Waals surface area (Å²) in [5.41, 5.74) is 1.32. The van der Waals surface area contributed by atoms with E-state index in [1.165, 1.54) is 10.5 Å². The molecule has 0 aliphatic carbocycles. The van der Waals surface area contributed by atoms with Crippen LogP contribution in [0.2, 0.25) is 0 Å². The summed E-state index contributed by atoms with van der Waals surface area (Å²) in [6.07, 6.45) is 1.98. The van der Waals surface area contributed by atoms with Gasteiger partial charge in [-0.25, -0.2) is 4.99 Å². The predicted octanol–water partition coefficient (Wildman–Crippen LogP) is 1.90. The lowest BCUT2D eigenvalue weighted by Crippen LogP contribution is -2.44. The van der Waals surface area contributed by atoms with Crippen molar-refractivity contribution in [3.05, 3.63) is 35.9 Å². The Kier molecular flexibility index (Phi) is 13.1. The third-order valence-electron chi connectivity index (χ3n) is 3.56. The van der Waals surface area contributed by atoms with Crippen LogP contribution in [0, 0.1) is 0 Å². The smallest absolute Gasteiger partial charge is 0.243 e. The fourth-order valence-electron chi connectivity index (χ4n) is 2.05. The number of hydrogen-bond acceptors (Lipinski definition) is 3. The topological polar surface area (TPSA) is 66.0 Å². The van der Waals surface area contributed by atoms with Gasteiger partial charge in [0.15, 0.2) is 5.96 Å². The number of aryl methyl sites for hydroxylation is 1. The number of benzene rings is 1. The van der Waals surface area contributed by atoms with Gasteiger partial charge in [-0.3, -0.25) is 4.79 Å². The van der Waals surface area contributed by atoms with Crippen molar-refractivity contribution in [2.45, 2.75) is 25.8 Å². The number of rotatable bonds is 9. The van der Waals surface area contributed by atoms with Gasteiger partial charge in [-0.05, 0) is 25.3 Å². The minimum absolute atomic E-state index is 0. The highest BCUT2D eigenvalue weighted by molar-refractivity contribution is 14.0. The number of likely N-dealkylation sites (N-methyl/N-ethyl adjacent to an activating group) is 1. The largest absolute Gasteiger partial charge is 0.383 e. The minimum Gasteiger partial charge on any atom is -0.383 e. The zero-order valence-electron chi connectivity index (χ0n) is 15.6. The van der Waals surface area contributed by atoms with Crippen LogP contribution in [0.25, 0.3) is 0 Å². The third kappa shape index (κ3) is 11.0. The Morgan fingerprint density at radius 2 is 1.96 bits per heavy atom. The normalized spacial score (nSPS) is 12.1. The molecule has 1 amide bonds. The average molecular weight is 462 g/mol. The van der Waals surface area contributed by atoms with Crippen LogP contribution in [-0.2, 0) is 16.0 Å². The van der Waals surface area contributed by atoms with Gasteiger partial charge in [-0.15, -0.1) is 24.0 Å². The highest BCUT2D eigenvalue weighted by Crippen LogP contribution is 2.04. The molecule has 1 atom stereocenters. The Labute approximate surface area is 168 Å². The highest BCUT2D eigenvalue weighted by atomic mass is 127. The van der Waals surface area contributed by atoms with Crippen molar-refractivity contribution < 1.29 is 9.53 Å². The molecule has 0 saturated heterocycles. The molecule has 7 heteroatoms. The van der Waals surface area contributed by atoms with E-state index in [1.54, 1.807) is 21.2 Å². The van der Waals surface area contributed by atoms with Crippen molar-refractivity contribution in [2.24, 2.45) is 4.99 Å². The Morgan fingerprint density at radius 1 is 1.28 bits per heavy atom. The van der Waals surface area contributed by atoms with Gasteiger partial charge in [0.2, 0.25) is 5.91 Å². The van der Waals surface area contributed by atoms with Gasteiger partial charge in [-0.2, -0.15) is 0 Å². The first kappa shape index (κ1) is 23.6. The van der Waals surface area contributed by atoms with E-state index in [4.69, 9.17) is 4.74 Å². The van der Waals surface area contributed by atoms with Crippen LogP contribution in [0.15, 0.2) is 35.3 Å². The summed E-state index contributed by atoms with van der Waals surface area (Å²) in [5.74, 6) is 0.614. The molecule has 0 saturated carbocycles. The van der Waals surface area contributed by atoms with E-state index in [0.29, 0.717) is 19.1 Å². The molecule has 1 unspecified atom stereocenters. The van der Waals surface area contributed by atoms with Crippen molar-refractivity contribution in [1.29, 1.82) is 0 Å². The average Bonchev–Trinajstić information content (AvgIpc) is 2.58. The first-order chi connectivity index (χ1) is 11.5. The van der Waals surface area contributed by atoms with Crippen LogP contribution in [0.4, 0.5) is 0 Å². The molecular weight excluding hydrogens is 431 g/mol. The van der Waals surface area contributed by atoms with Crippen LogP contribution in [0.3, 0.4) is 0 Å². The van der Waals surface area contributed by atoms with Crippen LogP contribution in [-0.4, -0.2) is 63.7 Å². The van der Waals surface area contributed by atoms with Crippen molar-refractivity contribution in [3.8, 4) is 0 Å². The number of carbonyl (C=O) groups is 1. The number of methoxy groups -OCH3 is 1. The van der Waals surface area contributed by atoms with Gasteiger partial charge >= 0.3 is 0 Å². The molecule has 0 fully saturated rings. The molecule has 0 radical (unpaired) electrons. The van der Waals surface area contributed by atoms with Crippen molar-refractivity contribution >= 4 is 35.8 Å². The monoisotopic (exact) mass is 462 g/mol. The molecule has 1 aromatic rings. The van der Waals surface area contributed by atoms with E-state index in [0.717, 1.165) is 12.8 Å². The molecule has 0 spiro atoms. The maximum atomic E-state index is 11.7. The van der Waals surface area contributed by atoms with E-state index >= 15 is 0 Å². The molecule has 25 heavy (non-hydrogen) atoms. The summed E-state index contributed by atoms with van der Waals surface area (Å²) in [4.78, 5) is 17.6. The molecule has 6 nitrogen and oxygen atoms in total. The summed E-state index contributed by atoms with van der Waals surface area (Å²) >= 11 is 0. The van der Waals surface area contributed by atoms with E-state index in [1.807, 2.05) is 6.07 Å². The number of carbonyl (C=O) groups excluding carboxylic acids is 1. The molecule has 0 aliphatic rings. The Balaban J connectivity index is 0.00000576. The van der Waals surface area contributed by atoms with Crippen LogP contribution in [0.5, 0.6) is 0 Å².